The summed E-state index contributed by atoms with van der Waals surface area (Å²) in [5.41, 5.74) is 0. The molecule has 1 atom stereocenters. The van der Waals surface area contributed by atoms with Crippen LogP contribution in [0.4, 0.5) is 11.6 Å². The van der Waals surface area contributed by atoms with Gasteiger partial charge in [0.2, 0.25) is 5.91 Å². The van der Waals surface area contributed by atoms with E-state index in [0.29, 0.717) is 31.9 Å². The molecule has 8 nitrogen and oxygen atoms in total. The standard InChI is InChI=1S/C15H21N5O3/c1-18-5-6-20(9-14(18)21)13-7-12(16-10-17-13)19-4-2-3-11(8-19)15(22)23/h7,10-11H,2-6,8-9H2,1H3,(H,22,23). The molecule has 0 aromatic carbocycles. The van der Waals surface area contributed by atoms with Crippen molar-refractivity contribution in [3.05, 3.63) is 12.4 Å². The Morgan fingerprint density at radius 2 is 1.96 bits per heavy atom. The summed E-state index contributed by atoms with van der Waals surface area (Å²) in [6.07, 6.45) is 3.03. The molecule has 1 amide bonds. The number of rotatable bonds is 3. The quantitative estimate of drug-likeness (QED) is 0.842. The average Bonchev–Trinajstić information content (AvgIpc) is 2.57. The van der Waals surface area contributed by atoms with Crippen LogP contribution >= 0.6 is 0 Å². The number of aliphatic carboxylic acids is 1. The van der Waals surface area contributed by atoms with Gasteiger partial charge in [0.05, 0.1) is 12.5 Å². The Hall–Kier alpha value is -2.38. The van der Waals surface area contributed by atoms with Gasteiger partial charge in [-0.05, 0) is 12.8 Å². The molecule has 1 unspecified atom stereocenters. The van der Waals surface area contributed by atoms with E-state index in [4.69, 9.17) is 0 Å². The van der Waals surface area contributed by atoms with Crippen LogP contribution in [0.3, 0.4) is 0 Å². The van der Waals surface area contributed by atoms with Crippen molar-refractivity contribution in [1.29, 1.82) is 0 Å². The summed E-state index contributed by atoms with van der Waals surface area (Å²) in [5, 5.41) is 9.21. The highest BCUT2D eigenvalue weighted by molar-refractivity contribution is 5.82. The summed E-state index contributed by atoms with van der Waals surface area (Å²) < 4.78 is 0. The SMILES string of the molecule is CN1CCN(c2cc(N3CCCC(C(=O)O)C3)ncn2)CC1=O. The average molecular weight is 319 g/mol. The molecule has 3 heterocycles. The van der Waals surface area contributed by atoms with Crippen molar-refractivity contribution < 1.29 is 14.7 Å². The van der Waals surface area contributed by atoms with Crippen molar-refractivity contribution in [2.45, 2.75) is 12.8 Å². The Morgan fingerprint density at radius 1 is 1.22 bits per heavy atom. The Bertz CT molecular complexity index is 609. The third kappa shape index (κ3) is 3.35. The minimum atomic E-state index is -0.756. The summed E-state index contributed by atoms with van der Waals surface area (Å²) in [6, 6.07) is 1.85. The van der Waals surface area contributed by atoms with Crippen LogP contribution in [-0.4, -0.2) is 71.6 Å². The lowest BCUT2D eigenvalue weighted by Gasteiger charge is -2.34. The zero-order chi connectivity index (χ0) is 16.4. The van der Waals surface area contributed by atoms with Crippen molar-refractivity contribution in [2.75, 3.05) is 49.6 Å². The number of hydrogen-bond donors (Lipinski definition) is 1. The first-order valence-corrected chi connectivity index (χ1v) is 7.83. The molecule has 2 saturated heterocycles. The molecule has 124 valence electrons. The molecule has 2 aliphatic heterocycles. The van der Waals surface area contributed by atoms with Gasteiger partial charge in [-0.3, -0.25) is 9.59 Å². The fourth-order valence-corrected chi connectivity index (χ4v) is 3.02. The molecule has 2 fully saturated rings. The number of carboxylic acids is 1. The molecule has 0 radical (unpaired) electrons. The van der Waals surface area contributed by atoms with E-state index >= 15 is 0 Å². The lowest BCUT2D eigenvalue weighted by Crippen LogP contribution is -2.49. The second-order valence-corrected chi connectivity index (χ2v) is 6.09. The topological polar surface area (TPSA) is 89.9 Å². The van der Waals surface area contributed by atoms with Gasteiger partial charge in [0.25, 0.3) is 0 Å². The normalized spacial score (nSPS) is 22.4. The lowest BCUT2D eigenvalue weighted by molar-refractivity contribution is -0.142. The van der Waals surface area contributed by atoms with Crippen LogP contribution in [0.1, 0.15) is 12.8 Å². The van der Waals surface area contributed by atoms with E-state index in [2.05, 4.69) is 9.97 Å². The van der Waals surface area contributed by atoms with Gasteiger partial charge >= 0.3 is 5.97 Å². The zero-order valence-electron chi connectivity index (χ0n) is 13.2. The van der Waals surface area contributed by atoms with Gasteiger partial charge in [-0.15, -0.1) is 0 Å². The number of likely N-dealkylation sites (N-methyl/N-ethyl adjacent to an activating group) is 1. The van der Waals surface area contributed by atoms with Crippen molar-refractivity contribution in [1.82, 2.24) is 14.9 Å². The number of carbonyl (C=O) groups excluding carboxylic acids is 1. The molecule has 1 aromatic heterocycles. The van der Waals surface area contributed by atoms with Crippen LogP contribution in [0.25, 0.3) is 0 Å². The molecule has 0 saturated carbocycles. The van der Waals surface area contributed by atoms with E-state index in [9.17, 15) is 14.7 Å². The van der Waals surface area contributed by atoms with Gasteiger partial charge in [-0.2, -0.15) is 0 Å². The minimum absolute atomic E-state index is 0.0697. The summed E-state index contributed by atoms with van der Waals surface area (Å²) in [5.74, 6) is 0.405. The van der Waals surface area contributed by atoms with Crippen LogP contribution in [0, 0.1) is 5.92 Å². The lowest BCUT2D eigenvalue weighted by atomic mass is 9.98. The Morgan fingerprint density at radius 3 is 2.65 bits per heavy atom. The van der Waals surface area contributed by atoms with Gasteiger partial charge in [-0.1, -0.05) is 0 Å². The highest BCUT2D eigenvalue weighted by Crippen LogP contribution is 2.24. The van der Waals surface area contributed by atoms with Crippen LogP contribution in [0.5, 0.6) is 0 Å². The number of nitrogens with zero attached hydrogens (tertiary/aromatic N) is 5. The van der Waals surface area contributed by atoms with Crippen molar-refractivity contribution in [3.63, 3.8) is 0 Å². The van der Waals surface area contributed by atoms with Gasteiger partial charge in [0, 0.05) is 39.3 Å². The third-order valence-electron chi connectivity index (χ3n) is 4.51. The highest BCUT2D eigenvalue weighted by atomic mass is 16.4. The van der Waals surface area contributed by atoms with Crippen molar-refractivity contribution in [2.24, 2.45) is 5.92 Å². The first kappa shape index (κ1) is 15.5. The molecular formula is C15H21N5O3. The van der Waals surface area contributed by atoms with Crippen LogP contribution in [-0.2, 0) is 9.59 Å². The molecule has 1 N–H and O–H groups in total. The monoisotopic (exact) mass is 319 g/mol. The molecule has 2 aliphatic rings. The first-order valence-electron chi connectivity index (χ1n) is 7.83. The minimum Gasteiger partial charge on any atom is -0.481 e. The highest BCUT2D eigenvalue weighted by Gasteiger charge is 2.27. The Balaban J connectivity index is 1.75. The summed E-state index contributed by atoms with van der Waals surface area (Å²) in [7, 11) is 1.80. The number of piperidine rings is 1. The van der Waals surface area contributed by atoms with E-state index < -0.39 is 5.97 Å². The summed E-state index contributed by atoms with van der Waals surface area (Å²) in [4.78, 5) is 37.2. The number of hydrogen-bond acceptors (Lipinski definition) is 6. The molecule has 23 heavy (non-hydrogen) atoms. The molecule has 0 aliphatic carbocycles. The van der Waals surface area contributed by atoms with Gasteiger partial charge in [0.15, 0.2) is 0 Å². The number of carboxylic acid groups (broad SMARTS) is 1. The predicted molar refractivity (Wildman–Crippen MR) is 84.5 cm³/mol. The number of carbonyl (C=O) groups is 2. The van der Waals surface area contributed by atoms with Crippen LogP contribution < -0.4 is 9.80 Å². The van der Waals surface area contributed by atoms with E-state index in [1.807, 2.05) is 15.9 Å². The maximum atomic E-state index is 11.8. The Labute approximate surface area is 134 Å². The number of aromatic nitrogens is 2. The first-order chi connectivity index (χ1) is 11.0. The molecule has 8 heteroatoms. The molecule has 0 bridgehead atoms. The van der Waals surface area contributed by atoms with Gasteiger partial charge < -0.3 is 19.8 Å². The second-order valence-electron chi connectivity index (χ2n) is 6.09. The zero-order valence-corrected chi connectivity index (χ0v) is 13.2. The maximum Gasteiger partial charge on any atom is 0.308 e. The van der Waals surface area contributed by atoms with Crippen molar-refractivity contribution >= 4 is 23.5 Å². The molecule has 1 aromatic rings. The van der Waals surface area contributed by atoms with Gasteiger partial charge in [-0.25, -0.2) is 9.97 Å². The molecular weight excluding hydrogens is 298 g/mol. The van der Waals surface area contributed by atoms with E-state index in [-0.39, 0.29) is 11.8 Å². The number of amides is 1. The number of anilines is 2. The van der Waals surface area contributed by atoms with Crippen LogP contribution in [0.15, 0.2) is 12.4 Å². The predicted octanol–water partition coefficient (Wildman–Crippen LogP) is 0.0560. The van der Waals surface area contributed by atoms with E-state index in [1.54, 1.807) is 11.9 Å². The molecule has 3 rings (SSSR count). The van der Waals surface area contributed by atoms with Gasteiger partial charge in [0.1, 0.15) is 18.0 Å². The summed E-state index contributed by atoms with van der Waals surface area (Å²) >= 11 is 0. The third-order valence-corrected chi connectivity index (χ3v) is 4.51. The summed E-state index contributed by atoms with van der Waals surface area (Å²) in [6.45, 7) is 2.97. The molecule has 0 spiro atoms. The van der Waals surface area contributed by atoms with Crippen LogP contribution in [0.2, 0.25) is 0 Å². The fourth-order valence-electron chi connectivity index (χ4n) is 3.02. The fraction of sp³-hybridized carbons (Fsp3) is 0.600. The largest absolute Gasteiger partial charge is 0.481 e. The second kappa shape index (κ2) is 6.39. The smallest absolute Gasteiger partial charge is 0.308 e. The van der Waals surface area contributed by atoms with E-state index in [0.717, 1.165) is 25.3 Å². The Kier molecular flexibility index (Phi) is 4.31. The maximum absolute atomic E-state index is 11.8. The van der Waals surface area contributed by atoms with E-state index in [1.165, 1.54) is 6.33 Å². The van der Waals surface area contributed by atoms with Crippen molar-refractivity contribution in [3.8, 4) is 0 Å². The number of piperazine rings is 1.